The van der Waals surface area contributed by atoms with Crippen LogP contribution in [0.5, 0.6) is 0 Å². The third-order valence-corrected chi connectivity index (χ3v) is 5.28. The molecule has 3 nitrogen and oxygen atoms in total. The van der Waals surface area contributed by atoms with Gasteiger partial charge in [-0.25, -0.2) is 0 Å². The molecule has 0 saturated carbocycles. The maximum Gasteiger partial charge on any atom is 0.168 e. The maximum absolute atomic E-state index is 12.7. The summed E-state index contributed by atoms with van der Waals surface area (Å²) in [7, 11) is 0. The number of rotatable bonds is 4. The summed E-state index contributed by atoms with van der Waals surface area (Å²) < 4.78 is 0. The molecule has 0 fully saturated rings. The molecule has 3 aromatic rings. The van der Waals surface area contributed by atoms with Crippen LogP contribution in [0.2, 0.25) is 0 Å². The van der Waals surface area contributed by atoms with Gasteiger partial charge in [0.2, 0.25) is 0 Å². The second-order valence-corrected chi connectivity index (χ2v) is 7.26. The fourth-order valence-electron chi connectivity index (χ4n) is 3.80. The number of hydrogen-bond acceptors (Lipinski definition) is 3. The summed E-state index contributed by atoms with van der Waals surface area (Å²) in [5, 5.41) is 12.8. The first kappa shape index (κ1) is 18.2. The van der Waals surface area contributed by atoms with Crippen molar-refractivity contribution in [2.75, 3.05) is 0 Å². The van der Waals surface area contributed by atoms with Crippen molar-refractivity contribution in [3.8, 4) is 0 Å². The minimum atomic E-state index is -0.0173. The predicted molar refractivity (Wildman–Crippen MR) is 114 cm³/mol. The van der Waals surface area contributed by atoms with E-state index in [1.165, 1.54) is 0 Å². The van der Waals surface area contributed by atoms with Crippen molar-refractivity contribution < 1.29 is 9.90 Å². The van der Waals surface area contributed by atoms with E-state index in [1.807, 2.05) is 49.4 Å². The van der Waals surface area contributed by atoms with E-state index < -0.39 is 0 Å². The lowest BCUT2D eigenvalue weighted by molar-refractivity contribution is -0.115. The Bertz CT molecular complexity index is 1100. The Morgan fingerprint density at radius 1 is 0.964 bits per heavy atom. The Hall–Kier alpha value is -3.20. The lowest BCUT2D eigenvalue weighted by atomic mass is 9.89. The molecule has 0 spiro atoms. The molecule has 4 rings (SSSR count). The van der Waals surface area contributed by atoms with Crippen LogP contribution in [0.3, 0.4) is 0 Å². The van der Waals surface area contributed by atoms with Crippen molar-refractivity contribution in [3.63, 3.8) is 0 Å². The van der Waals surface area contributed by atoms with Gasteiger partial charge in [0.05, 0.1) is 17.0 Å². The van der Waals surface area contributed by atoms with E-state index in [9.17, 15) is 9.90 Å². The van der Waals surface area contributed by atoms with Gasteiger partial charge in [-0.05, 0) is 41.3 Å². The molecule has 1 aliphatic rings. The van der Waals surface area contributed by atoms with Gasteiger partial charge in [0, 0.05) is 19.3 Å². The first-order chi connectivity index (χ1) is 13.6. The monoisotopic (exact) mass is 369 g/mol. The molecule has 0 aromatic heterocycles. The van der Waals surface area contributed by atoms with Crippen molar-refractivity contribution in [1.82, 2.24) is 0 Å². The Balaban J connectivity index is 1.86. The molecule has 140 valence electrons. The zero-order valence-electron chi connectivity index (χ0n) is 16.0. The van der Waals surface area contributed by atoms with E-state index in [0.717, 1.165) is 27.6 Å². The highest BCUT2D eigenvalue weighted by molar-refractivity contribution is 6.24. The number of aliphatic hydroxyl groups is 1. The molecular formula is C25H23NO2. The molecule has 0 heterocycles. The van der Waals surface area contributed by atoms with Gasteiger partial charge in [-0.1, -0.05) is 60.7 Å². The van der Waals surface area contributed by atoms with Crippen LogP contribution in [0.1, 0.15) is 30.4 Å². The maximum atomic E-state index is 12.7. The standard InChI is InChI=1S/C25H23NO2/c1-17-8-2-5-13-21(17)26-22(25-23(27)14-7-15-24(25)28)16-19-11-6-10-18-9-3-4-12-20(18)19/h2-6,8-13,27H,7,14-16H2,1H3. The number of hydrogen-bond donors (Lipinski definition) is 1. The number of carbonyl (C=O) groups is 1. The first-order valence-electron chi connectivity index (χ1n) is 9.69. The molecule has 0 amide bonds. The zero-order chi connectivity index (χ0) is 19.5. The van der Waals surface area contributed by atoms with Crippen LogP contribution in [-0.4, -0.2) is 16.6 Å². The largest absolute Gasteiger partial charge is 0.511 e. The van der Waals surface area contributed by atoms with Crippen LogP contribution >= 0.6 is 0 Å². The molecule has 3 heteroatoms. The Morgan fingerprint density at radius 2 is 1.71 bits per heavy atom. The number of nitrogens with zero attached hydrogens (tertiary/aromatic N) is 1. The van der Waals surface area contributed by atoms with Gasteiger partial charge >= 0.3 is 0 Å². The molecule has 0 bridgehead atoms. The second kappa shape index (κ2) is 7.81. The van der Waals surface area contributed by atoms with Gasteiger partial charge in [0.15, 0.2) is 5.78 Å². The topological polar surface area (TPSA) is 49.7 Å². The van der Waals surface area contributed by atoms with Crippen LogP contribution in [0, 0.1) is 6.92 Å². The molecule has 3 aromatic carbocycles. The van der Waals surface area contributed by atoms with Crippen molar-refractivity contribution in [2.24, 2.45) is 4.99 Å². The van der Waals surface area contributed by atoms with Crippen LogP contribution in [0.25, 0.3) is 10.8 Å². The van der Waals surface area contributed by atoms with E-state index >= 15 is 0 Å². The lowest BCUT2D eigenvalue weighted by Crippen LogP contribution is -2.21. The average Bonchev–Trinajstić information content (AvgIpc) is 2.70. The van der Waals surface area contributed by atoms with Crippen molar-refractivity contribution in [2.45, 2.75) is 32.6 Å². The molecule has 0 radical (unpaired) electrons. The van der Waals surface area contributed by atoms with Gasteiger partial charge in [0.1, 0.15) is 5.76 Å². The minimum Gasteiger partial charge on any atom is -0.511 e. The highest BCUT2D eigenvalue weighted by Crippen LogP contribution is 2.28. The summed E-state index contributed by atoms with van der Waals surface area (Å²) >= 11 is 0. The quantitative estimate of drug-likeness (QED) is 0.571. The van der Waals surface area contributed by atoms with Gasteiger partial charge in [-0.15, -0.1) is 0 Å². The van der Waals surface area contributed by atoms with E-state index in [-0.39, 0.29) is 11.5 Å². The third kappa shape index (κ3) is 3.61. The van der Waals surface area contributed by atoms with E-state index in [2.05, 4.69) is 24.3 Å². The summed E-state index contributed by atoms with van der Waals surface area (Å²) in [6.07, 6.45) is 2.19. The number of fused-ring (bicyclic) bond motifs is 1. The molecule has 0 aliphatic heterocycles. The van der Waals surface area contributed by atoms with Gasteiger partial charge in [-0.3, -0.25) is 9.79 Å². The Labute approximate surface area is 165 Å². The van der Waals surface area contributed by atoms with Gasteiger partial charge in [-0.2, -0.15) is 0 Å². The minimum absolute atomic E-state index is 0.0173. The van der Waals surface area contributed by atoms with Crippen molar-refractivity contribution in [1.29, 1.82) is 0 Å². The van der Waals surface area contributed by atoms with Crippen molar-refractivity contribution >= 4 is 28.0 Å². The summed E-state index contributed by atoms with van der Waals surface area (Å²) in [5.41, 5.74) is 4.03. The van der Waals surface area contributed by atoms with Gasteiger partial charge < -0.3 is 5.11 Å². The van der Waals surface area contributed by atoms with Crippen LogP contribution in [0.15, 0.2) is 83.1 Å². The summed E-state index contributed by atoms with van der Waals surface area (Å²) in [6, 6.07) is 22.3. The van der Waals surface area contributed by atoms with Crippen molar-refractivity contribution in [3.05, 3.63) is 89.2 Å². The smallest absolute Gasteiger partial charge is 0.168 e. The normalized spacial score (nSPS) is 15.3. The number of aliphatic imine (C=N–C) groups is 1. The van der Waals surface area contributed by atoms with Crippen LogP contribution in [-0.2, 0) is 11.2 Å². The highest BCUT2D eigenvalue weighted by atomic mass is 16.3. The predicted octanol–water partition coefficient (Wildman–Crippen LogP) is 6.03. The fraction of sp³-hybridized carbons (Fsp3) is 0.200. The number of benzene rings is 3. The number of para-hydroxylation sites is 1. The number of aliphatic hydroxyl groups excluding tert-OH is 1. The summed E-state index contributed by atoms with van der Waals surface area (Å²) in [6.45, 7) is 2.01. The number of Topliss-reactive ketones (excluding diaryl/α,β-unsaturated/α-hetero) is 1. The summed E-state index contributed by atoms with van der Waals surface area (Å²) in [5.74, 6) is 0.153. The van der Waals surface area contributed by atoms with E-state index in [1.54, 1.807) is 0 Å². The van der Waals surface area contributed by atoms with E-state index in [4.69, 9.17) is 4.99 Å². The second-order valence-electron chi connectivity index (χ2n) is 7.26. The van der Waals surface area contributed by atoms with Gasteiger partial charge in [0.25, 0.3) is 0 Å². The zero-order valence-corrected chi connectivity index (χ0v) is 16.0. The molecule has 0 atom stereocenters. The number of ketones is 1. The third-order valence-electron chi connectivity index (χ3n) is 5.28. The Morgan fingerprint density at radius 3 is 2.54 bits per heavy atom. The first-order valence-corrected chi connectivity index (χ1v) is 9.69. The number of carbonyl (C=O) groups excluding carboxylic acids is 1. The molecule has 1 N–H and O–H groups in total. The lowest BCUT2D eigenvalue weighted by Gasteiger charge is -2.18. The molecular weight excluding hydrogens is 346 g/mol. The molecule has 28 heavy (non-hydrogen) atoms. The van der Waals surface area contributed by atoms with Crippen LogP contribution in [0.4, 0.5) is 5.69 Å². The van der Waals surface area contributed by atoms with Crippen LogP contribution < -0.4 is 0 Å². The SMILES string of the molecule is Cc1ccccc1N=C(Cc1cccc2ccccc12)C1=C(O)CCCC1=O. The fourth-order valence-corrected chi connectivity index (χ4v) is 3.80. The number of allylic oxidation sites excluding steroid dienone is 2. The number of aryl methyl sites for hydroxylation is 1. The molecule has 1 aliphatic carbocycles. The average molecular weight is 369 g/mol. The molecule has 0 unspecified atom stereocenters. The molecule has 0 saturated heterocycles. The highest BCUT2D eigenvalue weighted by Gasteiger charge is 2.25. The Kier molecular flexibility index (Phi) is 5.07. The summed E-state index contributed by atoms with van der Waals surface area (Å²) in [4.78, 5) is 17.5. The van der Waals surface area contributed by atoms with E-state index in [0.29, 0.717) is 37.0 Å².